The van der Waals surface area contributed by atoms with Gasteiger partial charge in [0.25, 0.3) is 5.56 Å². The number of H-pyrrole nitrogens is 1. The number of anilines is 1. The van der Waals surface area contributed by atoms with E-state index in [1.807, 2.05) is 0 Å². The van der Waals surface area contributed by atoms with Crippen molar-refractivity contribution in [3.63, 3.8) is 0 Å². The van der Waals surface area contributed by atoms with Crippen LogP contribution >= 0.6 is 15.9 Å². The third-order valence-electron chi connectivity index (χ3n) is 4.13. The van der Waals surface area contributed by atoms with Crippen LogP contribution in [0, 0.1) is 6.92 Å². The predicted octanol–water partition coefficient (Wildman–Crippen LogP) is 2.16. The average molecular weight is 363 g/mol. The topological polar surface area (TPSA) is 52.2 Å². The summed E-state index contributed by atoms with van der Waals surface area (Å²) < 4.78 is 1.16. The van der Waals surface area contributed by atoms with Gasteiger partial charge in [0.2, 0.25) is 0 Å². The quantitative estimate of drug-likeness (QED) is 0.908. The lowest BCUT2D eigenvalue weighted by Gasteiger charge is -2.35. The van der Waals surface area contributed by atoms with Crippen molar-refractivity contribution in [2.45, 2.75) is 13.5 Å². The number of benzene rings is 1. The first-order chi connectivity index (χ1) is 10.6. The summed E-state index contributed by atoms with van der Waals surface area (Å²) in [6.07, 6.45) is 1.47. The van der Waals surface area contributed by atoms with Crippen LogP contribution in [0.15, 0.2) is 39.9 Å². The van der Waals surface area contributed by atoms with E-state index in [0.717, 1.165) is 43.0 Å². The number of hydrogen-bond acceptors (Lipinski definition) is 4. The first kappa shape index (κ1) is 15.2. The Morgan fingerprint density at radius 3 is 2.77 bits per heavy atom. The summed E-state index contributed by atoms with van der Waals surface area (Å²) >= 11 is 3.59. The van der Waals surface area contributed by atoms with Crippen molar-refractivity contribution < 1.29 is 0 Å². The summed E-state index contributed by atoms with van der Waals surface area (Å²) in [4.78, 5) is 22.8. The lowest BCUT2D eigenvalue weighted by atomic mass is 10.1. The largest absolute Gasteiger partial charge is 0.354 e. The van der Waals surface area contributed by atoms with E-state index in [-0.39, 0.29) is 5.56 Å². The Labute approximate surface area is 138 Å². The van der Waals surface area contributed by atoms with E-state index in [4.69, 9.17) is 0 Å². The molecule has 3 rings (SSSR count). The number of nitrogens with zero attached hydrogens (tertiary/aromatic N) is 3. The van der Waals surface area contributed by atoms with Crippen LogP contribution in [0.1, 0.15) is 11.1 Å². The van der Waals surface area contributed by atoms with Crippen LogP contribution in [0.5, 0.6) is 0 Å². The molecule has 116 valence electrons. The molecule has 0 atom stereocenters. The summed E-state index contributed by atoms with van der Waals surface area (Å²) in [5.74, 6) is 0.766. The van der Waals surface area contributed by atoms with Gasteiger partial charge in [-0.3, -0.25) is 9.69 Å². The number of aromatic nitrogens is 2. The van der Waals surface area contributed by atoms with E-state index < -0.39 is 0 Å². The van der Waals surface area contributed by atoms with Crippen LogP contribution in [0.4, 0.5) is 5.82 Å². The maximum absolute atomic E-state index is 11.4. The molecule has 0 amide bonds. The Morgan fingerprint density at radius 2 is 2.05 bits per heavy atom. The molecule has 0 aliphatic carbocycles. The van der Waals surface area contributed by atoms with E-state index in [0.29, 0.717) is 0 Å². The molecule has 1 aliphatic rings. The fourth-order valence-corrected chi connectivity index (χ4v) is 3.14. The Morgan fingerprint density at radius 1 is 1.27 bits per heavy atom. The third kappa shape index (κ3) is 3.39. The molecular weight excluding hydrogens is 344 g/mol. The molecule has 22 heavy (non-hydrogen) atoms. The smallest absolute Gasteiger partial charge is 0.252 e. The molecule has 0 saturated carbocycles. The monoisotopic (exact) mass is 362 g/mol. The van der Waals surface area contributed by atoms with Crippen LogP contribution in [0.25, 0.3) is 0 Å². The minimum absolute atomic E-state index is 0.0998. The zero-order valence-electron chi connectivity index (χ0n) is 12.6. The van der Waals surface area contributed by atoms with Crippen molar-refractivity contribution >= 4 is 21.7 Å². The Bertz CT molecular complexity index is 707. The maximum Gasteiger partial charge on any atom is 0.252 e. The highest BCUT2D eigenvalue weighted by atomic mass is 79.9. The Kier molecular flexibility index (Phi) is 4.59. The molecule has 0 radical (unpaired) electrons. The van der Waals surface area contributed by atoms with Gasteiger partial charge in [0, 0.05) is 43.3 Å². The summed E-state index contributed by atoms with van der Waals surface area (Å²) in [5.41, 5.74) is 2.57. The van der Waals surface area contributed by atoms with Gasteiger partial charge in [0.05, 0.1) is 6.33 Å². The highest BCUT2D eigenvalue weighted by Crippen LogP contribution is 2.21. The molecule has 1 fully saturated rings. The predicted molar refractivity (Wildman–Crippen MR) is 91.2 cm³/mol. The standard InChI is InChI=1S/C16H19BrN4O/c1-12-13(3-2-4-14(12)17)10-20-5-7-21(8-6-20)15-9-16(22)19-11-18-15/h2-4,9,11H,5-8,10H2,1H3,(H,18,19,22). The van der Waals surface area contributed by atoms with Crippen LogP contribution in [-0.2, 0) is 6.54 Å². The van der Waals surface area contributed by atoms with Crippen LogP contribution in [0.3, 0.4) is 0 Å². The molecule has 0 unspecified atom stereocenters. The lowest BCUT2D eigenvalue weighted by molar-refractivity contribution is 0.249. The molecule has 0 spiro atoms. The molecule has 1 N–H and O–H groups in total. The van der Waals surface area contributed by atoms with Gasteiger partial charge < -0.3 is 9.88 Å². The van der Waals surface area contributed by atoms with Gasteiger partial charge in [0.1, 0.15) is 5.82 Å². The molecule has 5 nitrogen and oxygen atoms in total. The summed E-state index contributed by atoms with van der Waals surface area (Å²) in [7, 11) is 0. The van der Waals surface area contributed by atoms with Crippen molar-refractivity contribution in [1.29, 1.82) is 0 Å². The zero-order valence-corrected chi connectivity index (χ0v) is 14.1. The average Bonchev–Trinajstić information content (AvgIpc) is 2.53. The number of nitrogens with one attached hydrogen (secondary N) is 1. The van der Waals surface area contributed by atoms with Gasteiger partial charge in [-0.25, -0.2) is 4.98 Å². The van der Waals surface area contributed by atoms with Gasteiger partial charge in [-0.2, -0.15) is 0 Å². The summed E-state index contributed by atoms with van der Waals surface area (Å²) in [6.45, 7) is 6.84. The molecule has 1 aliphatic heterocycles. The van der Waals surface area contributed by atoms with E-state index in [1.54, 1.807) is 6.07 Å². The molecule has 2 heterocycles. The second-order valence-electron chi connectivity index (χ2n) is 5.56. The fourth-order valence-electron chi connectivity index (χ4n) is 2.73. The van der Waals surface area contributed by atoms with Gasteiger partial charge in [0.15, 0.2) is 0 Å². The van der Waals surface area contributed by atoms with Crippen LogP contribution in [-0.4, -0.2) is 41.0 Å². The lowest BCUT2D eigenvalue weighted by Crippen LogP contribution is -2.46. The highest BCUT2D eigenvalue weighted by molar-refractivity contribution is 9.10. The van der Waals surface area contributed by atoms with Crippen molar-refractivity contribution in [3.05, 3.63) is 56.5 Å². The molecule has 1 saturated heterocycles. The van der Waals surface area contributed by atoms with Crippen molar-refractivity contribution in [2.75, 3.05) is 31.1 Å². The second kappa shape index (κ2) is 6.62. The van der Waals surface area contributed by atoms with Gasteiger partial charge in [-0.15, -0.1) is 0 Å². The van der Waals surface area contributed by atoms with E-state index >= 15 is 0 Å². The minimum Gasteiger partial charge on any atom is -0.354 e. The fraction of sp³-hybridized carbons (Fsp3) is 0.375. The first-order valence-electron chi connectivity index (χ1n) is 7.39. The number of hydrogen-bond donors (Lipinski definition) is 1. The Hall–Kier alpha value is -1.66. The highest BCUT2D eigenvalue weighted by Gasteiger charge is 2.19. The maximum atomic E-state index is 11.4. The number of aromatic amines is 1. The van der Waals surface area contributed by atoms with E-state index in [2.05, 4.69) is 60.8 Å². The summed E-state index contributed by atoms with van der Waals surface area (Å²) in [6, 6.07) is 7.91. The number of halogens is 1. The van der Waals surface area contributed by atoms with Crippen molar-refractivity contribution in [3.8, 4) is 0 Å². The van der Waals surface area contributed by atoms with Gasteiger partial charge in [-0.05, 0) is 24.1 Å². The number of piperazine rings is 1. The molecule has 1 aromatic carbocycles. The third-order valence-corrected chi connectivity index (χ3v) is 4.99. The molecule has 1 aromatic heterocycles. The van der Waals surface area contributed by atoms with Gasteiger partial charge in [-0.1, -0.05) is 28.1 Å². The zero-order chi connectivity index (χ0) is 15.5. The molecule has 2 aromatic rings. The van der Waals surface area contributed by atoms with Crippen molar-refractivity contribution in [1.82, 2.24) is 14.9 Å². The Balaban J connectivity index is 1.62. The normalized spacial score (nSPS) is 16.0. The SMILES string of the molecule is Cc1c(Br)cccc1CN1CCN(c2cc(=O)[nH]cn2)CC1. The van der Waals surface area contributed by atoms with E-state index in [9.17, 15) is 4.79 Å². The minimum atomic E-state index is -0.0998. The summed E-state index contributed by atoms with van der Waals surface area (Å²) in [5, 5.41) is 0. The van der Waals surface area contributed by atoms with Gasteiger partial charge >= 0.3 is 0 Å². The first-order valence-corrected chi connectivity index (χ1v) is 8.19. The second-order valence-corrected chi connectivity index (χ2v) is 6.41. The molecular formula is C16H19BrN4O. The van der Waals surface area contributed by atoms with Crippen LogP contribution in [0.2, 0.25) is 0 Å². The molecule has 6 heteroatoms. The molecule has 0 bridgehead atoms. The number of rotatable bonds is 3. The van der Waals surface area contributed by atoms with E-state index in [1.165, 1.54) is 17.5 Å². The van der Waals surface area contributed by atoms with Crippen LogP contribution < -0.4 is 10.5 Å². The van der Waals surface area contributed by atoms with Crippen molar-refractivity contribution in [2.24, 2.45) is 0 Å².